The molecular formula is C18H24FN5O4S. The number of rotatable bonds is 6. The topological polar surface area (TPSA) is 106 Å². The third kappa shape index (κ3) is 5.10. The highest BCUT2D eigenvalue weighted by atomic mass is 32.2. The van der Waals surface area contributed by atoms with Crippen molar-refractivity contribution in [2.45, 2.75) is 31.8 Å². The molecule has 29 heavy (non-hydrogen) atoms. The van der Waals surface area contributed by atoms with Gasteiger partial charge in [-0.15, -0.1) is 0 Å². The van der Waals surface area contributed by atoms with Gasteiger partial charge in [-0.05, 0) is 30.5 Å². The number of hydrogen-bond acceptors (Lipinski definition) is 5. The Morgan fingerprint density at radius 1 is 1.31 bits per heavy atom. The molecule has 0 spiro atoms. The summed E-state index contributed by atoms with van der Waals surface area (Å²) in [5, 5.41) is 6.96. The van der Waals surface area contributed by atoms with Crippen LogP contribution in [0, 0.1) is 5.82 Å². The molecule has 1 N–H and O–H groups in total. The first kappa shape index (κ1) is 21.2. The highest BCUT2D eigenvalue weighted by molar-refractivity contribution is 7.88. The lowest BCUT2D eigenvalue weighted by atomic mass is 9.99. The molecule has 0 radical (unpaired) electrons. The molecule has 9 nitrogen and oxygen atoms in total. The second-order valence-electron chi connectivity index (χ2n) is 7.22. The Hall–Kier alpha value is -2.53. The van der Waals surface area contributed by atoms with Crippen molar-refractivity contribution >= 4 is 15.9 Å². The predicted octanol–water partition coefficient (Wildman–Crippen LogP) is 0.176. The van der Waals surface area contributed by atoms with Crippen LogP contribution in [0.4, 0.5) is 4.39 Å². The van der Waals surface area contributed by atoms with E-state index in [1.165, 1.54) is 27.3 Å². The average molecular weight is 425 g/mol. The molecule has 0 aliphatic carbocycles. The Labute approximate surface area is 168 Å². The van der Waals surface area contributed by atoms with E-state index in [4.69, 9.17) is 0 Å². The Morgan fingerprint density at radius 2 is 2.00 bits per heavy atom. The smallest absolute Gasteiger partial charge is 0.346 e. The third-order valence-electron chi connectivity index (χ3n) is 4.99. The fraction of sp³-hybridized carbons (Fsp3) is 0.500. The molecule has 1 aromatic carbocycles. The number of piperidine rings is 1. The van der Waals surface area contributed by atoms with Crippen molar-refractivity contribution in [3.05, 3.63) is 52.0 Å². The maximum atomic E-state index is 12.9. The van der Waals surface area contributed by atoms with Gasteiger partial charge in [-0.1, -0.05) is 12.1 Å². The summed E-state index contributed by atoms with van der Waals surface area (Å²) in [5.41, 5.74) is 0.297. The molecule has 11 heteroatoms. The fourth-order valence-corrected chi connectivity index (χ4v) is 4.32. The summed E-state index contributed by atoms with van der Waals surface area (Å²) in [6.45, 7) is 0.672. The van der Waals surface area contributed by atoms with E-state index in [9.17, 15) is 22.4 Å². The number of carbonyl (C=O) groups excluding carboxylic acids is 1. The van der Waals surface area contributed by atoms with Gasteiger partial charge in [0.2, 0.25) is 15.9 Å². The van der Waals surface area contributed by atoms with E-state index >= 15 is 0 Å². The summed E-state index contributed by atoms with van der Waals surface area (Å²) in [5.74, 6) is -0.498. The first-order valence-corrected chi connectivity index (χ1v) is 11.1. The molecule has 1 aliphatic rings. The van der Waals surface area contributed by atoms with E-state index in [0.717, 1.165) is 10.2 Å². The van der Waals surface area contributed by atoms with Crippen molar-refractivity contribution in [3.8, 4) is 0 Å². The van der Waals surface area contributed by atoms with Crippen molar-refractivity contribution < 1.29 is 17.6 Å². The zero-order chi connectivity index (χ0) is 21.2. The molecule has 1 aromatic heterocycles. The number of nitrogens with one attached hydrogen (secondary N) is 1. The normalized spacial score (nSPS) is 18.0. The van der Waals surface area contributed by atoms with Crippen LogP contribution in [0.2, 0.25) is 0 Å². The number of amides is 1. The first-order chi connectivity index (χ1) is 13.6. The Balaban J connectivity index is 1.67. The van der Waals surface area contributed by atoms with Gasteiger partial charge < -0.3 is 5.32 Å². The van der Waals surface area contributed by atoms with Crippen molar-refractivity contribution in [2.75, 3.05) is 19.3 Å². The highest BCUT2D eigenvalue weighted by Crippen LogP contribution is 2.26. The lowest BCUT2D eigenvalue weighted by molar-refractivity contribution is -0.122. The minimum atomic E-state index is -3.31. The summed E-state index contributed by atoms with van der Waals surface area (Å²) >= 11 is 0. The van der Waals surface area contributed by atoms with Crippen LogP contribution in [-0.2, 0) is 35.0 Å². The summed E-state index contributed by atoms with van der Waals surface area (Å²) in [6.07, 6.45) is 2.56. The minimum Gasteiger partial charge on any atom is -0.350 e. The molecule has 2 heterocycles. The first-order valence-electron chi connectivity index (χ1n) is 9.25. The zero-order valence-electron chi connectivity index (χ0n) is 16.3. The summed E-state index contributed by atoms with van der Waals surface area (Å²) in [4.78, 5) is 24.7. The molecule has 2 aromatic rings. The maximum absolute atomic E-state index is 12.9. The van der Waals surface area contributed by atoms with Crippen LogP contribution >= 0.6 is 0 Å². The van der Waals surface area contributed by atoms with Crippen LogP contribution < -0.4 is 11.0 Å². The number of nitrogens with zero attached hydrogens (tertiary/aromatic N) is 4. The van der Waals surface area contributed by atoms with Gasteiger partial charge >= 0.3 is 5.69 Å². The van der Waals surface area contributed by atoms with Gasteiger partial charge in [-0.3, -0.25) is 9.36 Å². The number of carbonyl (C=O) groups is 1. The Bertz CT molecular complexity index is 1050. The summed E-state index contributed by atoms with van der Waals surface area (Å²) in [6, 6.07) is 5.75. The molecular weight excluding hydrogens is 401 g/mol. The van der Waals surface area contributed by atoms with Crippen molar-refractivity contribution in [1.82, 2.24) is 24.0 Å². The number of benzene rings is 1. The second-order valence-corrected chi connectivity index (χ2v) is 9.20. The third-order valence-corrected chi connectivity index (χ3v) is 6.26. The van der Waals surface area contributed by atoms with Crippen molar-refractivity contribution in [3.63, 3.8) is 0 Å². The number of sulfonamides is 1. The fourth-order valence-electron chi connectivity index (χ4n) is 3.41. The van der Waals surface area contributed by atoms with Gasteiger partial charge in [0.1, 0.15) is 18.2 Å². The van der Waals surface area contributed by atoms with E-state index in [1.807, 2.05) is 0 Å². The van der Waals surface area contributed by atoms with E-state index in [1.54, 1.807) is 19.2 Å². The number of halogens is 1. The molecule has 1 saturated heterocycles. The largest absolute Gasteiger partial charge is 0.350 e. The quantitative estimate of drug-likeness (QED) is 0.711. The van der Waals surface area contributed by atoms with Crippen LogP contribution in [0.25, 0.3) is 0 Å². The highest BCUT2D eigenvalue weighted by Gasteiger charge is 2.30. The van der Waals surface area contributed by atoms with Gasteiger partial charge in [0.25, 0.3) is 0 Å². The van der Waals surface area contributed by atoms with Crippen LogP contribution in [0.1, 0.15) is 30.1 Å². The van der Waals surface area contributed by atoms with Crippen LogP contribution in [0.3, 0.4) is 0 Å². The molecule has 0 unspecified atom stereocenters. The standard InChI is InChI=1S/C18H24FN5O4S/c1-22-17(14-4-3-9-23(11-14)29(2,27)28)21-24(18(22)26)12-16(25)20-10-13-5-7-15(19)8-6-13/h5-8,14H,3-4,9-12H2,1-2H3,(H,20,25)/t14-/m0/s1. The van der Waals surface area contributed by atoms with Crippen LogP contribution in [-0.4, -0.2) is 52.3 Å². The second kappa shape index (κ2) is 8.46. The Kier molecular flexibility index (Phi) is 6.18. The molecule has 1 aliphatic heterocycles. The Morgan fingerprint density at radius 3 is 2.66 bits per heavy atom. The van der Waals surface area contributed by atoms with E-state index in [0.29, 0.717) is 25.2 Å². The zero-order valence-corrected chi connectivity index (χ0v) is 17.2. The lowest BCUT2D eigenvalue weighted by Gasteiger charge is -2.30. The van der Waals surface area contributed by atoms with Crippen LogP contribution in [0.5, 0.6) is 0 Å². The van der Waals surface area contributed by atoms with Crippen molar-refractivity contribution in [2.24, 2.45) is 7.05 Å². The maximum Gasteiger partial charge on any atom is 0.346 e. The number of aromatic nitrogens is 3. The minimum absolute atomic E-state index is 0.208. The number of hydrogen-bond donors (Lipinski definition) is 1. The van der Waals surface area contributed by atoms with Gasteiger partial charge in [0, 0.05) is 32.6 Å². The molecule has 158 valence electrons. The molecule has 3 rings (SSSR count). The van der Waals surface area contributed by atoms with E-state index in [2.05, 4.69) is 10.4 Å². The lowest BCUT2D eigenvalue weighted by Crippen LogP contribution is -2.39. The molecule has 1 fully saturated rings. The molecule has 1 atom stereocenters. The van der Waals surface area contributed by atoms with Gasteiger partial charge in [-0.2, -0.15) is 5.10 Å². The van der Waals surface area contributed by atoms with Gasteiger partial charge in [0.05, 0.1) is 6.26 Å². The van der Waals surface area contributed by atoms with E-state index in [-0.39, 0.29) is 31.4 Å². The average Bonchev–Trinajstić information content (AvgIpc) is 2.95. The molecule has 1 amide bonds. The molecule has 0 bridgehead atoms. The van der Waals surface area contributed by atoms with Gasteiger partial charge in [0.15, 0.2) is 0 Å². The summed E-state index contributed by atoms with van der Waals surface area (Å²) in [7, 11) is -1.75. The van der Waals surface area contributed by atoms with Crippen LogP contribution in [0.15, 0.2) is 29.1 Å². The van der Waals surface area contributed by atoms with E-state index < -0.39 is 21.6 Å². The van der Waals surface area contributed by atoms with Gasteiger partial charge in [-0.25, -0.2) is 26.6 Å². The van der Waals surface area contributed by atoms with Crippen molar-refractivity contribution in [1.29, 1.82) is 0 Å². The predicted molar refractivity (Wildman–Crippen MR) is 104 cm³/mol. The molecule has 0 saturated carbocycles. The SMILES string of the molecule is Cn1c([C@H]2CCCN(S(C)(=O)=O)C2)nn(CC(=O)NCc2ccc(F)cc2)c1=O. The monoisotopic (exact) mass is 425 g/mol. The summed E-state index contributed by atoms with van der Waals surface area (Å²) < 4.78 is 40.4.